The Morgan fingerprint density at radius 1 is 0.963 bits per heavy atom. The first-order valence-electron chi connectivity index (χ1n) is 10.7. The maximum atomic E-state index is 12.6. The quantitative estimate of drug-likeness (QED) is 0.339. The maximum Gasteiger partial charge on any atom is 0.155 e. The number of hydrogen-bond acceptors (Lipinski definition) is 1. The highest BCUT2D eigenvalue weighted by Gasteiger charge is 2.16. The number of unbranched alkanes of at least 4 members (excludes halogenated alkanes) is 2. The van der Waals surface area contributed by atoms with Gasteiger partial charge in [0.25, 0.3) is 0 Å². The monoisotopic (exact) mass is 372 g/mol. The molecule has 0 spiro atoms. The van der Waals surface area contributed by atoms with Gasteiger partial charge in [0.05, 0.1) is 0 Å². The number of hydrogen-bond donors (Lipinski definition) is 0. The van der Waals surface area contributed by atoms with Gasteiger partial charge in [0, 0.05) is 6.42 Å². The number of carbonyl (C=O) groups excluding carboxylic acids is 1. The summed E-state index contributed by atoms with van der Waals surface area (Å²) in [5.41, 5.74) is 5.34. The molecule has 27 heavy (non-hydrogen) atoms. The Labute approximate surface area is 169 Å². The van der Waals surface area contributed by atoms with Crippen LogP contribution in [0.5, 0.6) is 0 Å². The summed E-state index contributed by atoms with van der Waals surface area (Å²) in [5.74, 6) is 1.27. The molecule has 0 fully saturated rings. The van der Waals surface area contributed by atoms with Crippen LogP contribution in [0.2, 0.25) is 0 Å². The van der Waals surface area contributed by atoms with E-state index in [1.54, 1.807) is 0 Å². The van der Waals surface area contributed by atoms with Crippen molar-refractivity contribution < 1.29 is 4.79 Å². The minimum Gasteiger partial charge on any atom is -0.295 e. The Hall–Kier alpha value is -1.37. The van der Waals surface area contributed by atoms with E-state index in [0.717, 1.165) is 6.42 Å². The molecular weight excluding hydrogens is 328 g/mol. The molecule has 1 aromatic carbocycles. The van der Waals surface area contributed by atoms with Gasteiger partial charge in [0.15, 0.2) is 5.78 Å². The fourth-order valence-electron chi connectivity index (χ4n) is 3.80. The van der Waals surface area contributed by atoms with Crippen molar-refractivity contribution in [1.82, 2.24) is 0 Å². The van der Waals surface area contributed by atoms with Gasteiger partial charge in [-0.3, -0.25) is 4.79 Å². The number of rotatable bonds is 12. The molecular formula is C26H44O. The highest BCUT2D eigenvalue weighted by Crippen LogP contribution is 2.28. The standard InChI is InChI=1S/C25H40O.CH4/c1-7-9-11-23(12-10-8-2)24(18-25(26)13-19(3)4)17-22-15-20(5)14-21(6)16-22;/h14-16,18-19,23H,7-13,17H2,1-6H3;1H4/b24-18-;. The lowest BCUT2D eigenvalue weighted by molar-refractivity contribution is -0.115. The fourth-order valence-corrected chi connectivity index (χ4v) is 3.80. The van der Waals surface area contributed by atoms with Gasteiger partial charge < -0.3 is 0 Å². The van der Waals surface area contributed by atoms with Gasteiger partial charge in [0.2, 0.25) is 0 Å². The second-order valence-electron chi connectivity index (χ2n) is 8.44. The molecule has 0 radical (unpaired) electrons. The largest absolute Gasteiger partial charge is 0.295 e. The molecule has 0 unspecified atom stereocenters. The van der Waals surface area contributed by atoms with Crippen LogP contribution in [0.3, 0.4) is 0 Å². The average Bonchev–Trinajstić information content (AvgIpc) is 2.52. The predicted octanol–water partition coefficient (Wildman–Crippen LogP) is 8.02. The topological polar surface area (TPSA) is 17.1 Å². The zero-order valence-corrected chi connectivity index (χ0v) is 18.0. The lowest BCUT2D eigenvalue weighted by Gasteiger charge is -2.21. The molecule has 0 bridgehead atoms. The molecule has 0 amide bonds. The Morgan fingerprint density at radius 3 is 1.93 bits per heavy atom. The molecule has 0 aliphatic heterocycles. The third-order valence-electron chi connectivity index (χ3n) is 4.98. The third kappa shape index (κ3) is 10.5. The summed E-state index contributed by atoms with van der Waals surface area (Å²) in [6.07, 6.45) is 10.9. The van der Waals surface area contributed by atoms with Gasteiger partial charge in [-0.25, -0.2) is 0 Å². The van der Waals surface area contributed by atoms with Crippen molar-refractivity contribution in [2.75, 3.05) is 0 Å². The summed E-state index contributed by atoms with van der Waals surface area (Å²) in [7, 11) is 0. The molecule has 1 nitrogen and oxygen atoms in total. The maximum absolute atomic E-state index is 12.6. The number of aryl methyl sites for hydroxylation is 2. The van der Waals surface area contributed by atoms with Crippen LogP contribution < -0.4 is 0 Å². The van der Waals surface area contributed by atoms with E-state index in [0.29, 0.717) is 24.0 Å². The summed E-state index contributed by atoms with van der Waals surface area (Å²) in [6, 6.07) is 6.79. The Kier molecular flexibility index (Phi) is 13.0. The number of carbonyl (C=O) groups is 1. The number of benzene rings is 1. The van der Waals surface area contributed by atoms with Crippen molar-refractivity contribution in [2.45, 2.75) is 100 Å². The molecule has 1 heteroatoms. The van der Waals surface area contributed by atoms with Crippen molar-refractivity contribution in [1.29, 1.82) is 0 Å². The first-order chi connectivity index (χ1) is 12.3. The van der Waals surface area contributed by atoms with Crippen molar-refractivity contribution in [3.8, 4) is 0 Å². The Balaban J connectivity index is 0.00000676. The first-order valence-corrected chi connectivity index (χ1v) is 10.7. The molecule has 154 valence electrons. The zero-order valence-electron chi connectivity index (χ0n) is 18.0. The van der Waals surface area contributed by atoms with Gasteiger partial charge >= 0.3 is 0 Å². The van der Waals surface area contributed by atoms with Crippen molar-refractivity contribution in [3.63, 3.8) is 0 Å². The van der Waals surface area contributed by atoms with Crippen molar-refractivity contribution in [2.24, 2.45) is 11.8 Å². The number of ketones is 1. The first kappa shape index (κ1) is 25.6. The molecule has 0 aliphatic rings. The molecule has 1 rings (SSSR count). The lowest BCUT2D eigenvalue weighted by Crippen LogP contribution is -2.11. The lowest BCUT2D eigenvalue weighted by atomic mass is 9.84. The number of allylic oxidation sites excluding steroid dienone is 2. The molecule has 0 atom stereocenters. The van der Waals surface area contributed by atoms with Gasteiger partial charge in [-0.2, -0.15) is 0 Å². The summed E-state index contributed by atoms with van der Waals surface area (Å²) in [5, 5.41) is 0. The molecule has 0 N–H and O–H groups in total. The Bertz CT molecular complexity index is 552. The van der Waals surface area contributed by atoms with Gasteiger partial charge in [0.1, 0.15) is 0 Å². The van der Waals surface area contributed by atoms with Gasteiger partial charge in [-0.1, -0.05) is 95.7 Å². The SMILES string of the molecule is C.CCCCC(CCCC)/C(=C\C(=O)CC(C)C)Cc1cc(C)cc(C)c1. The van der Waals surface area contributed by atoms with Crippen molar-refractivity contribution in [3.05, 3.63) is 46.5 Å². The normalized spacial score (nSPS) is 11.8. The molecule has 1 aromatic rings. The third-order valence-corrected chi connectivity index (χ3v) is 4.98. The summed E-state index contributed by atoms with van der Waals surface area (Å²) in [4.78, 5) is 12.6. The van der Waals surface area contributed by atoms with E-state index >= 15 is 0 Å². The minimum absolute atomic E-state index is 0. The molecule has 0 saturated heterocycles. The van der Waals surface area contributed by atoms with Crippen LogP contribution in [-0.4, -0.2) is 5.78 Å². The minimum atomic E-state index is 0. The van der Waals surface area contributed by atoms with E-state index in [9.17, 15) is 4.79 Å². The highest BCUT2D eigenvalue weighted by molar-refractivity contribution is 5.90. The van der Waals surface area contributed by atoms with Crippen LogP contribution in [0.25, 0.3) is 0 Å². The molecule has 0 heterocycles. The second-order valence-corrected chi connectivity index (χ2v) is 8.44. The summed E-state index contributed by atoms with van der Waals surface area (Å²) >= 11 is 0. The molecule has 0 saturated carbocycles. The van der Waals surface area contributed by atoms with Crippen LogP contribution >= 0.6 is 0 Å². The van der Waals surface area contributed by atoms with Crippen LogP contribution in [0.15, 0.2) is 29.8 Å². The fraction of sp³-hybridized carbons (Fsp3) is 0.654. The predicted molar refractivity (Wildman–Crippen MR) is 121 cm³/mol. The van der Waals surface area contributed by atoms with E-state index < -0.39 is 0 Å². The van der Waals surface area contributed by atoms with Gasteiger partial charge in [-0.15, -0.1) is 0 Å². The van der Waals surface area contributed by atoms with Crippen LogP contribution in [-0.2, 0) is 11.2 Å². The Morgan fingerprint density at radius 2 is 1.48 bits per heavy atom. The zero-order chi connectivity index (χ0) is 19.5. The van der Waals surface area contributed by atoms with Crippen molar-refractivity contribution >= 4 is 5.78 Å². The van der Waals surface area contributed by atoms with E-state index in [1.165, 1.54) is 60.8 Å². The smallest absolute Gasteiger partial charge is 0.155 e. The van der Waals surface area contributed by atoms with Gasteiger partial charge in [-0.05, 0) is 56.6 Å². The van der Waals surface area contributed by atoms with E-state index in [4.69, 9.17) is 0 Å². The van der Waals surface area contributed by atoms with Crippen LogP contribution in [0.4, 0.5) is 0 Å². The average molecular weight is 373 g/mol. The summed E-state index contributed by atoms with van der Waals surface area (Å²) in [6.45, 7) is 13.1. The molecule has 0 aliphatic carbocycles. The summed E-state index contributed by atoms with van der Waals surface area (Å²) < 4.78 is 0. The van der Waals surface area contributed by atoms with Crippen LogP contribution in [0.1, 0.15) is 96.8 Å². The van der Waals surface area contributed by atoms with E-state index in [-0.39, 0.29) is 7.43 Å². The van der Waals surface area contributed by atoms with E-state index in [1.807, 2.05) is 6.08 Å². The highest BCUT2D eigenvalue weighted by atomic mass is 16.1. The molecule has 0 aromatic heterocycles. The second kappa shape index (κ2) is 13.7. The van der Waals surface area contributed by atoms with E-state index in [2.05, 4.69) is 59.7 Å². The van der Waals surface area contributed by atoms with Crippen LogP contribution in [0, 0.1) is 25.7 Å².